The Bertz CT molecular complexity index is 811. The summed E-state index contributed by atoms with van der Waals surface area (Å²) in [6.45, 7) is 1.64. The third-order valence-corrected chi connectivity index (χ3v) is 3.41. The second kappa shape index (κ2) is 4.91. The van der Waals surface area contributed by atoms with Crippen LogP contribution in [0, 0.1) is 10.1 Å². The molecule has 0 saturated heterocycles. The van der Waals surface area contributed by atoms with Gasteiger partial charge in [-0.25, -0.2) is 0 Å². The van der Waals surface area contributed by atoms with Crippen LogP contribution in [-0.4, -0.2) is 31.0 Å². The maximum atomic E-state index is 11.8. The van der Waals surface area contributed by atoms with Crippen LogP contribution in [0.5, 0.6) is 0 Å². The second-order valence-corrected chi connectivity index (χ2v) is 4.69. The van der Waals surface area contributed by atoms with Gasteiger partial charge >= 0.3 is 0 Å². The molecule has 0 saturated carbocycles. The van der Waals surface area contributed by atoms with Crippen molar-refractivity contribution in [1.29, 1.82) is 0 Å². The van der Waals surface area contributed by atoms with Crippen LogP contribution in [0.3, 0.4) is 0 Å². The Morgan fingerprint density at radius 3 is 2.86 bits per heavy atom. The number of nitro benzene ring substituents is 1. The van der Waals surface area contributed by atoms with E-state index in [1.165, 1.54) is 10.7 Å². The van der Waals surface area contributed by atoms with E-state index in [1.807, 2.05) is 0 Å². The first-order chi connectivity index (χ1) is 10.5. The minimum Gasteiger partial charge on any atom is -0.366 e. The molecule has 1 aliphatic rings. The number of hydrogen-bond acceptors (Lipinski definition) is 7. The second-order valence-electron chi connectivity index (χ2n) is 4.69. The fourth-order valence-electron chi connectivity index (χ4n) is 2.50. The van der Waals surface area contributed by atoms with Crippen molar-refractivity contribution in [3.8, 4) is 0 Å². The van der Waals surface area contributed by atoms with E-state index in [0.29, 0.717) is 5.70 Å². The zero-order valence-electron chi connectivity index (χ0n) is 11.4. The van der Waals surface area contributed by atoms with Crippen LogP contribution in [0.1, 0.15) is 18.5 Å². The Kier molecular flexibility index (Phi) is 3.05. The van der Waals surface area contributed by atoms with Crippen molar-refractivity contribution in [2.45, 2.75) is 13.0 Å². The Hall–Kier alpha value is -3.30. The highest BCUT2D eigenvalue weighted by atomic mass is 16.6. The van der Waals surface area contributed by atoms with E-state index in [4.69, 9.17) is 5.73 Å². The van der Waals surface area contributed by atoms with Crippen LogP contribution in [0.4, 0.5) is 11.6 Å². The van der Waals surface area contributed by atoms with Gasteiger partial charge in [-0.1, -0.05) is 17.2 Å². The van der Waals surface area contributed by atoms with Crippen molar-refractivity contribution in [3.05, 3.63) is 51.2 Å². The highest BCUT2D eigenvalue weighted by Gasteiger charge is 2.36. The first-order valence-corrected chi connectivity index (χ1v) is 6.29. The molecule has 1 aromatic heterocycles. The fourth-order valence-corrected chi connectivity index (χ4v) is 2.50. The van der Waals surface area contributed by atoms with Crippen LogP contribution >= 0.6 is 0 Å². The van der Waals surface area contributed by atoms with Gasteiger partial charge in [0.05, 0.1) is 16.1 Å². The normalized spacial score (nSPS) is 16.9. The number of fused-ring (bicyclic) bond motifs is 1. The fraction of sp³-hybridized carbons (Fsp3) is 0.167. The summed E-state index contributed by atoms with van der Waals surface area (Å²) in [5, 5.41) is 25.3. The standard InChI is InChI=1S/C12H11N7O3/c1-6-9(11(13)20)10(18-12(14-6)15-16-17-18)7-4-2-3-5-8(7)19(21)22/h2-5,10H,1H3,(H2,13,20)(H,14,15,17)/t10-/m0/s1. The molecule has 2 aromatic rings. The van der Waals surface area contributed by atoms with Crippen molar-refractivity contribution in [2.75, 3.05) is 5.32 Å². The molecule has 1 aliphatic heterocycles. The summed E-state index contributed by atoms with van der Waals surface area (Å²) in [5.74, 6) is -0.417. The van der Waals surface area contributed by atoms with Crippen LogP contribution in [0.15, 0.2) is 35.5 Å². The van der Waals surface area contributed by atoms with Gasteiger partial charge in [0.1, 0.15) is 6.04 Å². The summed E-state index contributed by atoms with van der Waals surface area (Å²) in [6, 6.07) is 5.24. The topological polar surface area (TPSA) is 142 Å². The quantitative estimate of drug-likeness (QED) is 0.615. The lowest BCUT2D eigenvalue weighted by Gasteiger charge is -2.26. The van der Waals surface area contributed by atoms with E-state index in [9.17, 15) is 14.9 Å². The van der Waals surface area contributed by atoms with Gasteiger partial charge in [-0.3, -0.25) is 14.9 Å². The molecule has 10 nitrogen and oxygen atoms in total. The lowest BCUT2D eigenvalue weighted by Crippen LogP contribution is -2.32. The van der Waals surface area contributed by atoms with E-state index in [1.54, 1.807) is 25.1 Å². The van der Waals surface area contributed by atoms with Crippen molar-refractivity contribution in [2.24, 2.45) is 5.73 Å². The predicted octanol–water partition coefficient (Wildman–Crippen LogP) is 0.355. The molecule has 0 unspecified atom stereocenters. The number of benzene rings is 1. The molecule has 112 valence electrons. The molecule has 0 fully saturated rings. The smallest absolute Gasteiger partial charge is 0.275 e. The molecule has 1 aromatic carbocycles. The zero-order valence-corrected chi connectivity index (χ0v) is 11.4. The lowest BCUT2D eigenvalue weighted by molar-refractivity contribution is -0.385. The highest BCUT2D eigenvalue weighted by Crippen LogP contribution is 2.37. The van der Waals surface area contributed by atoms with Crippen molar-refractivity contribution in [1.82, 2.24) is 20.2 Å². The van der Waals surface area contributed by atoms with Gasteiger partial charge in [-0.2, -0.15) is 4.68 Å². The van der Waals surface area contributed by atoms with E-state index < -0.39 is 16.9 Å². The molecular formula is C12H11N7O3. The number of para-hydroxylation sites is 1. The lowest BCUT2D eigenvalue weighted by atomic mass is 9.94. The van der Waals surface area contributed by atoms with Gasteiger partial charge in [-0.15, -0.1) is 0 Å². The number of amides is 1. The molecule has 2 heterocycles. The van der Waals surface area contributed by atoms with Crippen LogP contribution in [-0.2, 0) is 4.79 Å². The maximum Gasteiger partial charge on any atom is 0.275 e. The molecular weight excluding hydrogens is 290 g/mol. The summed E-state index contributed by atoms with van der Waals surface area (Å²) in [6.07, 6.45) is 0. The SMILES string of the molecule is CC1=C(C(N)=O)[C@H](c2ccccc2[N+](=O)[O-])n2nnnc2N1. The summed E-state index contributed by atoms with van der Waals surface area (Å²) in [5.41, 5.74) is 6.23. The van der Waals surface area contributed by atoms with E-state index >= 15 is 0 Å². The first kappa shape index (κ1) is 13.7. The number of carbonyl (C=O) groups is 1. The van der Waals surface area contributed by atoms with Gasteiger partial charge in [0.25, 0.3) is 5.69 Å². The van der Waals surface area contributed by atoms with E-state index in [2.05, 4.69) is 20.8 Å². The number of hydrogen-bond donors (Lipinski definition) is 2. The maximum absolute atomic E-state index is 11.8. The number of tetrazole rings is 1. The van der Waals surface area contributed by atoms with Crippen LogP contribution in [0.25, 0.3) is 0 Å². The summed E-state index contributed by atoms with van der Waals surface area (Å²) in [7, 11) is 0. The molecule has 0 radical (unpaired) electrons. The number of primary amides is 1. The Labute approximate surface area is 123 Å². The van der Waals surface area contributed by atoms with Gasteiger partial charge < -0.3 is 11.1 Å². The molecule has 10 heteroatoms. The predicted molar refractivity (Wildman–Crippen MR) is 74.6 cm³/mol. The van der Waals surface area contributed by atoms with Gasteiger partial charge in [-0.05, 0) is 23.4 Å². The number of nitro groups is 1. The molecule has 3 rings (SSSR count). The third-order valence-electron chi connectivity index (χ3n) is 3.41. The molecule has 0 spiro atoms. The largest absolute Gasteiger partial charge is 0.366 e. The molecule has 22 heavy (non-hydrogen) atoms. The Balaban J connectivity index is 2.28. The summed E-state index contributed by atoms with van der Waals surface area (Å²) >= 11 is 0. The first-order valence-electron chi connectivity index (χ1n) is 6.29. The molecule has 1 amide bonds. The zero-order chi connectivity index (χ0) is 15.9. The Morgan fingerprint density at radius 2 is 2.18 bits per heavy atom. The number of allylic oxidation sites excluding steroid dienone is 1. The molecule has 0 aliphatic carbocycles. The van der Waals surface area contributed by atoms with E-state index in [0.717, 1.165) is 0 Å². The minimum absolute atomic E-state index is 0.137. The number of nitrogens with two attached hydrogens (primary N) is 1. The molecule has 1 atom stereocenters. The van der Waals surface area contributed by atoms with Gasteiger partial charge in [0, 0.05) is 11.8 Å². The van der Waals surface area contributed by atoms with Crippen molar-refractivity contribution >= 4 is 17.5 Å². The monoisotopic (exact) mass is 301 g/mol. The molecule has 3 N–H and O–H groups in total. The summed E-state index contributed by atoms with van der Waals surface area (Å²) in [4.78, 5) is 22.6. The van der Waals surface area contributed by atoms with Crippen molar-refractivity contribution in [3.63, 3.8) is 0 Å². The van der Waals surface area contributed by atoms with Gasteiger partial charge in [0.15, 0.2) is 0 Å². The van der Waals surface area contributed by atoms with Crippen molar-refractivity contribution < 1.29 is 9.72 Å². The summed E-state index contributed by atoms with van der Waals surface area (Å²) < 4.78 is 1.30. The number of carbonyl (C=O) groups excluding carboxylic acids is 1. The van der Waals surface area contributed by atoms with Crippen LogP contribution in [0.2, 0.25) is 0 Å². The Morgan fingerprint density at radius 1 is 1.45 bits per heavy atom. The number of nitrogens with zero attached hydrogens (tertiary/aromatic N) is 5. The number of aromatic nitrogens is 4. The van der Waals surface area contributed by atoms with Gasteiger partial charge in [0.2, 0.25) is 11.9 Å². The minimum atomic E-state index is -0.856. The average Bonchev–Trinajstić information content (AvgIpc) is 2.93. The third kappa shape index (κ3) is 1.97. The number of rotatable bonds is 3. The average molecular weight is 301 g/mol. The van der Waals surface area contributed by atoms with Crippen LogP contribution < -0.4 is 11.1 Å². The highest BCUT2D eigenvalue weighted by molar-refractivity contribution is 5.95. The number of anilines is 1. The number of nitrogens with one attached hydrogen (secondary N) is 1. The molecule has 0 bridgehead atoms. The van der Waals surface area contributed by atoms with E-state index in [-0.39, 0.29) is 22.8 Å².